The van der Waals surface area contributed by atoms with Gasteiger partial charge in [0.1, 0.15) is 6.04 Å². The SMILES string of the molecule is O=C(O)C1CSCCN1C(=O)CC1CCSCC1. The van der Waals surface area contributed by atoms with Crippen LogP contribution in [0.2, 0.25) is 0 Å². The molecule has 0 aromatic rings. The van der Waals surface area contributed by atoms with Crippen molar-refractivity contribution in [3.63, 3.8) is 0 Å². The molecule has 102 valence electrons. The number of carbonyl (C=O) groups excluding carboxylic acids is 1. The van der Waals surface area contributed by atoms with Crippen molar-refractivity contribution < 1.29 is 14.7 Å². The number of nitrogens with zero attached hydrogens (tertiary/aromatic N) is 1. The Morgan fingerprint density at radius 1 is 1.17 bits per heavy atom. The predicted octanol–water partition coefficient (Wildman–Crippen LogP) is 1.55. The van der Waals surface area contributed by atoms with Crippen LogP contribution in [0.25, 0.3) is 0 Å². The monoisotopic (exact) mass is 289 g/mol. The first kappa shape index (κ1) is 14.1. The molecule has 0 aliphatic carbocycles. The van der Waals surface area contributed by atoms with Crippen LogP contribution in [0.1, 0.15) is 19.3 Å². The minimum atomic E-state index is -0.866. The van der Waals surface area contributed by atoms with Crippen LogP contribution in [0.15, 0.2) is 0 Å². The molecule has 1 unspecified atom stereocenters. The minimum Gasteiger partial charge on any atom is -0.480 e. The van der Waals surface area contributed by atoms with E-state index < -0.39 is 12.0 Å². The minimum absolute atomic E-state index is 0.0413. The molecule has 0 radical (unpaired) electrons. The lowest BCUT2D eigenvalue weighted by Crippen LogP contribution is -2.50. The molecular weight excluding hydrogens is 270 g/mol. The van der Waals surface area contributed by atoms with E-state index in [1.54, 1.807) is 16.7 Å². The number of hydrogen-bond acceptors (Lipinski definition) is 4. The summed E-state index contributed by atoms with van der Waals surface area (Å²) in [5.74, 6) is 3.29. The maximum atomic E-state index is 12.2. The van der Waals surface area contributed by atoms with Crippen molar-refractivity contribution in [2.75, 3.05) is 29.6 Å². The normalized spacial score (nSPS) is 26.0. The summed E-state index contributed by atoms with van der Waals surface area (Å²) in [5, 5.41) is 9.15. The molecular formula is C12H19NO3S2. The van der Waals surface area contributed by atoms with Crippen LogP contribution in [-0.4, -0.2) is 57.5 Å². The molecule has 0 bridgehead atoms. The number of carbonyl (C=O) groups is 2. The van der Waals surface area contributed by atoms with Crippen molar-refractivity contribution in [3.8, 4) is 0 Å². The maximum absolute atomic E-state index is 12.2. The first-order valence-corrected chi connectivity index (χ1v) is 8.67. The number of rotatable bonds is 3. The summed E-state index contributed by atoms with van der Waals surface area (Å²) < 4.78 is 0. The third-order valence-corrected chi connectivity index (χ3v) is 5.61. The summed E-state index contributed by atoms with van der Waals surface area (Å²) in [7, 11) is 0. The van der Waals surface area contributed by atoms with Crippen molar-refractivity contribution in [2.45, 2.75) is 25.3 Å². The van der Waals surface area contributed by atoms with Gasteiger partial charge in [-0.2, -0.15) is 23.5 Å². The smallest absolute Gasteiger partial charge is 0.327 e. The molecule has 2 aliphatic rings. The molecule has 2 rings (SSSR count). The van der Waals surface area contributed by atoms with Gasteiger partial charge in [0.2, 0.25) is 5.91 Å². The third-order valence-electron chi connectivity index (χ3n) is 3.54. The molecule has 1 amide bonds. The van der Waals surface area contributed by atoms with E-state index in [4.69, 9.17) is 5.11 Å². The van der Waals surface area contributed by atoms with Gasteiger partial charge in [-0.1, -0.05) is 0 Å². The van der Waals surface area contributed by atoms with Crippen molar-refractivity contribution in [2.24, 2.45) is 5.92 Å². The van der Waals surface area contributed by atoms with Crippen molar-refractivity contribution in [1.82, 2.24) is 4.90 Å². The van der Waals surface area contributed by atoms with Crippen molar-refractivity contribution in [3.05, 3.63) is 0 Å². The zero-order chi connectivity index (χ0) is 13.0. The van der Waals surface area contributed by atoms with Crippen LogP contribution in [-0.2, 0) is 9.59 Å². The number of hydrogen-bond donors (Lipinski definition) is 1. The molecule has 2 heterocycles. The predicted molar refractivity (Wildman–Crippen MR) is 75.1 cm³/mol. The van der Waals surface area contributed by atoms with Gasteiger partial charge >= 0.3 is 5.97 Å². The second-order valence-corrected chi connectivity index (χ2v) is 7.15. The molecule has 0 saturated carbocycles. The van der Waals surface area contributed by atoms with E-state index in [0.717, 1.165) is 30.1 Å². The van der Waals surface area contributed by atoms with Crippen LogP contribution < -0.4 is 0 Å². The Balaban J connectivity index is 1.91. The molecule has 0 aromatic carbocycles. The summed E-state index contributed by atoms with van der Waals surface area (Å²) in [6, 6.07) is -0.616. The van der Waals surface area contributed by atoms with E-state index in [2.05, 4.69) is 0 Å². The van der Waals surface area contributed by atoms with Crippen molar-refractivity contribution >= 4 is 35.4 Å². The van der Waals surface area contributed by atoms with Crippen LogP contribution in [0.3, 0.4) is 0 Å². The van der Waals surface area contributed by atoms with Gasteiger partial charge in [-0.05, 0) is 30.3 Å². The van der Waals surface area contributed by atoms with Gasteiger partial charge in [0.05, 0.1) is 0 Å². The van der Waals surface area contributed by atoms with E-state index in [9.17, 15) is 9.59 Å². The number of carboxylic acids is 1. The highest BCUT2D eigenvalue weighted by Crippen LogP contribution is 2.27. The second kappa shape index (κ2) is 6.70. The molecule has 1 atom stereocenters. The van der Waals surface area contributed by atoms with Crippen LogP contribution in [0.5, 0.6) is 0 Å². The van der Waals surface area contributed by atoms with Gasteiger partial charge in [0.15, 0.2) is 0 Å². The van der Waals surface area contributed by atoms with E-state index >= 15 is 0 Å². The van der Waals surface area contributed by atoms with Crippen LogP contribution in [0, 0.1) is 5.92 Å². The Hall–Kier alpha value is -0.360. The number of carboxylic acid groups (broad SMARTS) is 1. The fourth-order valence-corrected chi connectivity index (χ4v) is 4.66. The van der Waals surface area contributed by atoms with Gasteiger partial charge in [0, 0.05) is 24.5 Å². The van der Waals surface area contributed by atoms with Crippen LogP contribution >= 0.6 is 23.5 Å². The van der Waals surface area contributed by atoms with Gasteiger partial charge in [-0.25, -0.2) is 4.79 Å². The fraction of sp³-hybridized carbons (Fsp3) is 0.833. The Kier molecular flexibility index (Phi) is 5.24. The van der Waals surface area contributed by atoms with E-state index in [-0.39, 0.29) is 5.91 Å². The Bertz CT molecular complexity index is 318. The Morgan fingerprint density at radius 2 is 1.89 bits per heavy atom. The molecule has 0 aromatic heterocycles. The van der Waals surface area contributed by atoms with E-state index in [1.807, 2.05) is 11.8 Å². The Morgan fingerprint density at radius 3 is 2.56 bits per heavy atom. The highest BCUT2D eigenvalue weighted by molar-refractivity contribution is 7.99. The topological polar surface area (TPSA) is 57.6 Å². The number of amides is 1. The quantitative estimate of drug-likeness (QED) is 0.854. The number of thioether (sulfide) groups is 2. The molecule has 0 spiro atoms. The van der Waals surface area contributed by atoms with Gasteiger partial charge in [-0.15, -0.1) is 0 Å². The summed E-state index contributed by atoms with van der Waals surface area (Å²) in [5.41, 5.74) is 0. The lowest BCUT2D eigenvalue weighted by atomic mass is 9.98. The molecule has 2 fully saturated rings. The first-order valence-electron chi connectivity index (χ1n) is 6.36. The standard InChI is InChI=1S/C12H19NO3S2/c14-11(7-9-1-4-17-5-2-9)13-3-6-18-8-10(13)12(15)16/h9-10H,1-8H2,(H,15,16). The zero-order valence-electron chi connectivity index (χ0n) is 10.3. The largest absolute Gasteiger partial charge is 0.480 e. The average molecular weight is 289 g/mol. The molecule has 2 aliphatic heterocycles. The summed E-state index contributed by atoms with van der Waals surface area (Å²) in [6.07, 6.45) is 2.72. The van der Waals surface area contributed by atoms with Gasteiger partial charge in [-0.3, -0.25) is 4.79 Å². The lowest BCUT2D eigenvalue weighted by molar-refractivity contribution is -0.149. The molecule has 18 heavy (non-hydrogen) atoms. The van der Waals surface area contributed by atoms with Gasteiger partial charge < -0.3 is 10.0 Å². The van der Waals surface area contributed by atoms with Crippen LogP contribution in [0.4, 0.5) is 0 Å². The van der Waals surface area contributed by atoms with E-state index in [0.29, 0.717) is 24.6 Å². The highest BCUT2D eigenvalue weighted by Gasteiger charge is 2.33. The Labute approximate surface area is 116 Å². The summed E-state index contributed by atoms with van der Waals surface area (Å²) >= 11 is 3.56. The third kappa shape index (κ3) is 3.57. The molecule has 2 saturated heterocycles. The van der Waals surface area contributed by atoms with E-state index in [1.165, 1.54) is 0 Å². The average Bonchev–Trinajstić information content (AvgIpc) is 2.40. The maximum Gasteiger partial charge on any atom is 0.327 e. The second-order valence-electron chi connectivity index (χ2n) is 4.78. The summed E-state index contributed by atoms with van der Waals surface area (Å²) in [4.78, 5) is 25.0. The lowest BCUT2D eigenvalue weighted by Gasteiger charge is -2.34. The molecule has 4 nitrogen and oxygen atoms in total. The van der Waals surface area contributed by atoms with Crippen molar-refractivity contribution in [1.29, 1.82) is 0 Å². The fourth-order valence-electron chi connectivity index (χ4n) is 2.42. The molecule has 6 heteroatoms. The number of aliphatic carboxylic acids is 1. The highest BCUT2D eigenvalue weighted by atomic mass is 32.2. The van der Waals surface area contributed by atoms with Gasteiger partial charge in [0.25, 0.3) is 0 Å². The molecule has 1 N–H and O–H groups in total. The summed E-state index contributed by atoms with van der Waals surface area (Å²) in [6.45, 7) is 0.585. The first-order chi connectivity index (χ1) is 8.68. The zero-order valence-corrected chi connectivity index (χ0v) is 12.0.